The van der Waals surface area contributed by atoms with Crippen LogP contribution >= 0.6 is 23.2 Å². The molecule has 0 radical (unpaired) electrons. The predicted molar refractivity (Wildman–Crippen MR) is 181 cm³/mol. The summed E-state index contributed by atoms with van der Waals surface area (Å²) in [6.07, 6.45) is 12.7. The van der Waals surface area contributed by atoms with E-state index in [1.807, 2.05) is 61.2 Å². The smallest absolute Gasteiger partial charge is 0.227 e. The van der Waals surface area contributed by atoms with E-state index in [4.69, 9.17) is 32.7 Å². The molecule has 2 saturated carbocycles. The fourth-order valence-corrected chi connectivity index (χ4v) is 6.00. The number of aromatic nitrogens is 4. The second-order valence-electron chi connectivity index (χ2n) is 12.1. The molecule has 2 aliphatic carbocycles. The van der Waals surface area contributed by atoms with Crippen molar-refractivity contribution in [3.05, 3.63) is 93.5 Å². The van der Waals surface area contributed by atoms with Crippen molar-refractivity contribution < 1.29 is 9.47 Å². The summed E-state index contributed by atoms with van der Waals surface area (Å²) in [6.45, 7) is 4.88. The number of halogens is 2. The number of morpholine rings is 2. The molecule has 4 heterocycles. The maximum absolute atomic E-state index is 6.40. The topological polar surface area (TPSA) is 118 Å². The largest absolute Gasteiger partial charge is 0.371 e. The zero-order chi connectivity index (χ0) is 31.3. The van der Waals surface area contributed by atoms with E-state index >= 15 is 0 Å². The van der Waals surface area contributed by atoms with Gasteiger partial charge in [-0.15, -0.1) is 0 Å². The van der Waals surface area contributed by atoms with Gasteiger partial charge in [-0.1, -0.05) is 35.3 Å². The molecule has 46 heavy (non-hydrogen) atoms. The number of hydrogen-bond donors (Lipinski definition) is 4. The quantitative estimate of drug-likeness (QED) is 0.160. The lowest BCUT2D eigenvalue weighted by molar-refractivity contribution is 0.0276. The third-order valence-electron chi connectivity index (χ3n) is 8.52. The van der Waals surface area contributed by atoms with Crippen LogP contribution in [0.3, 0.4) is 0 Å². The van der Waals surface area contributed by atoms with E-state index in [9.17, 15) is 0 Å². The van der Waals surface area contributed by atoms with Crippen LogP contribution in [0.2, 0.25) is 10.0 Å². The van der Waals surface area contributed by atoms with Crippen LogP contribution in [0.25, 0.3) is 0 Å². The summed E-state index contributed by atoms with van der Waals surface area (Å²) in [5.41, 5.74) is 6.21. The standard InChI is InChI=1S/2C17H19ClN4O/c2*18-14-7-12(16-10-19-5-6-23-16)3-4-15(14)22-17-20-8-13(9-21-17)11-1-2-11/h2*3-4,7-9,11,16,19H,1-2,5-6,10H2,(H,20,21,22)/t2*16-/m10/s1. The highest BCUT2D eigenvalue weighted by molar-refractivity contribution is 6.33. The Kier molecular flexibility index (Phi) is 9.90. The van der Waals surface area contributed by atoms with Crippen LogP contribution in [0.15, 0.2) is 61.2 Å². The van der Waals surface area contributed by atoms with Crippen molar-refractivity contribution in [2.75, 3.05) is 50.0 Å². The van der Waals surface area contributed by atoms with Gasteiger partial charge in [0.05, 0.1) is 46.8 Å². The average Bonchev–Trinajstić information content (AvgIpc) is 4.03. The molecule has 4 aromatic rings. The monoisotopic (exact) mass is 660 g/mol. The Morgan fingerprint density at radius 2 is 1.00 bits per heavy atom. The fourth-order valence-electron chi connectivity index (χ4n) is 5.53. The van der Waals surface area contributed by atoms with Crippen LogP contribution in [0.5, 0.6) is 0 Å². The second-order valence-corrected chi connectivity index (χ2v) is 12.9. The summed E-state index contributed by atoms with van der Waals surface area (Å²) >= 11 is 12.8. The molecule has 2 aromatic heterocycles. The first-order valence-electron chi connectivity index (χ1n) is 16.0. The van der Waals surface area contributed by atoms with Crippen LogP contribution in [-0.4, -0.2) is 59.3 Å². The number of rotatable bonds is 8. The van der Waals surface area contributed by atoms with Crippen LogP contribution in [-0.2, 0) is 9.47 Å². The van der Waals surface area contributed by atoms with Gasteiger partial charge in [-0.25, -0.2) is 19.9 Å². The Hall–Kier alpha value is -3.38. The van der Waals surface area contributed by atoms with Crippen molar-refractivity contribution in [3.63, 3.8) is 0 Å². The highest BCUT2D eigenvalue weighted by Gasteiger charge is 2.25. The lowest BCUT2D eigenvalue weighted by Crippen LogP contribution is -2.33. The molecule has 0 spiro atoms. The molecule has 2 aromatic carbocycles. The van der Waals surface area contributed by atoms with Gasteiger partial charge in [0.2, 0.25) is 11.9 Å². The van der Waals surface area contributed by atoms with E-state index in [2.05, 4.69) is 41.2 Å². The van der Waals surface area contributed by atoms with Crippen molar-refractivity contribution in [1.29, 1.82) is 0 Å². The Morgan fingerprint density at radius 3 is 1.33 bits per heavy atom. The second kappa shape index (κ2) is 14.6. The Morgan fingerprint density at radius 1 is 0.587 bits per heavy atom. The maximum Gasteiger partial charge on any atom is 0.227 e. The summed E-state index contributed by atoms with van der Waals surface area (Å²) in [4.78, 5) is 17.5. The molecule has 2 aliphatic heterocycles. The van der Waals surface area contributed by atoms with E-state index in [0.717, 1.165) is 61.9 Å². The number of hydrogen-bond acceptors (Lipinski definition) is 10. The highest BCUT2D eigenvalue weighted by Crippen LogP contribution is 2.40. The van der Waals surface area contributed by atoms with Crippen molar-refractivity contribution in [1.82, 2.24) is 30.6 Å². The molecule has 0 amide bonds. The number of anilines is 4. The van der Waals surface area contributed by atoms with Crippen molar-refractivity contribution in [2.45, 2.75) is 49.7 Å². The van der Waals surface area contributed by atoms with E-state index in [1.165, 1.54) is 36.8 Å². The van der Waals surface area contributed by atoms with Gasteiger partial charge >= 0.3 is 0 Å². The minimum absolute atomic E-state index is 0.0596. The van der Waals surface area contributed by atoms with Crippen molar-refractivity contribution in [2.24, 2.45) is 0 Å². The zero-order valence-electron chi connectivity index (χ0n) is 25.5. The van der Waals surface area contributed by atoms with Crippen LogP contribution in [0.1, 0.15) is 72.0 Å². The SMILES string of the molecule is Clc1cc([C@@H]2CNCCO2)ccc1Nc1ncc(C2CC2)cn1.Clc1cc([C@H]2CNCCO2)ccc1Nc1ncc(C2CC2)cn1. The third kappa shape index (κ3) is 8.12. The minimum atomic E-state index is 0.0596. The summed E-state index contributed by atoms with van der Waals surface area (Å²) in [5, 5.41) is 14.3. The Labute approximate surface area is 279 Å². The van der Waals surface area contributed by atoms with Gasteiger partial charge in [0.15, 0.2) is 0 Å². The summed E-state index contributed by atoms with van der Waals surface area (Å²) in [7, 11) is 0. The number of nitrogens with one attached hydrogen (secondary N) is 4. The molecule has 2 saturated heterocycles. The summed E-state index contributed by atoms with van der Waals surface area (Å²) in [5.74, 6) is 2.46. The van der Waals surface area contributed by atoms with E-state index in [1.54, 1.807) is 0 Å². The molecule has 4 aliphatic rings. The third-order valence-corrected chi connectivity index (χ3v) is 9.14. The van der Waals surface area contributed by atoms with E-state index in [-0.39, 0.29) is 12.2 Å². The molecule has 10 nitrogen and oxygen atoms in total. The zero-order valence-corrected chi connectivity index (χ0v) is 27.0. The van der Waals surface area contributed by atoms with Gasteiger partial charge in [0.25, 0.3) is 0 Å². The van der Waals surface area contributed by atoms with Gasteiger partial charge < -0.3 is 30.7 Å². The molecule has 4 fully saturated rings. The fraction of sp³-hybridized carbons (Fsp3) is 0.412. The first-order chi connectivity index (χ1) is 22.6. The maximum atomic E-state index is 6.40. The van der Waals surface area contributed by atoms with E-state index < -0.39 is 0 Å². The number of nitrogens with zero attached hydrogens (tertiary/aromatic N) is 4. The van der Waals surface area contributed by atoms with Crippen molar-refractivity contribution >= 4 is 46.5 Å². The molecule has 0 unspecified atom stereocenters. The normalized spacial score (nSPS) is 21.2. The van der Waals surface area contributed by atoms with Gasteiger partial charge in [-0.2, -0.15) is 0 Å². The van der Waals surface area contributed by atoms with Gasteiger partial charge in [0.1, 0.15) is 0 Å². The van der Waals surface area contributed by atoms with Crippen molar-refractivity contribution in [3.8, 4) is 0 Å². The molecular formula is C34H38Cl2N8O2. The Balaban J connectivity index is 0.000000147. The molecule has 0 bridgehead atoms. The lowest BCUT2D eigenvalue weighted by Gasteiger charge is -2.24. The van der Waals surface area contributed by atoms with Gasteiger partial charge in [-0.05, 0) is 84.0 Å². The minimum Gasteiger partial charge on any atom is -0.371 e. The molecule has 4 N–H and O–H groups in total. The average molecular weight is 662 g/mol. The first-order valence-corrected chi connectivity index (χ1v) is 16.8. The van der Waals surface area contributed by atoms with Gasteiger partial charge in [0, 0.05) is 51.0 Å². The number of benzene rings is 2. The molecule has 12 heteroatoms. The van der Waals surface area contributed by atoms with Gasteiger partial charge in [-0.3, -0.25) is 0 Å². The molecule has 2 atom stereocenters. The molecular weight excluding hydrogens is 623 g/mol. The highest BCUT2D eigenvalue weighted by atomic mass is 35.5. The Bertz CT molecular complexity index is 1480. The molecule has 240 valence electrons. The number of ether oxygens (including phenoxy) is 2. The summed E-state index contributed by atoms with van der Waals surface area (Å²) < 4.78 is 11.5. The summed E-state index contributed by atoms with van der Waals surface area (Å²) in [6, 6.07) is 11.9. The van der Waals surface area contributed by atoms with Crippen LogP contribution in [0.4, 0.5) is 23.3 Å². The predicted octanol–water partition coefficient (Wildman–Crippen LogP) is 6.82. The molecule has 8 rings (SSSR count). The van der Waals surface area contributed by atoms with Crippen LogP contribution < -0.4 is 21.3 Å². The lowest BCUT2D eigenvalue weighted by atomic mass is 10.1. The first kappa shape index (κ1) is 31.2. The van der Waals surface area contributed by atoms with E-state index in [0.29, 0.717) is 33.8 Å². The van der Waals surface area contributed by atoms with Crippen LogP contribution in [0, 0.1) is 0 Å².